The van der Waals surface area contributed by atoms with E-state index in [0.717, 1.165) is 24.4 Å². The number of ether oxygens (including phenoxy) is 2. The molecule has 0 saturated carbocycles. The Kier molecular flexibility index (Phi) is 5.04. The number of hydrogen-bond acceptors (Lipinski definition) is 5. The minimum Gasteiger partial charge on any atom is -0.497 e. The van der Waals surface area contributed by atoms with Gasteiger partial charge in [-0.2, -0.15) is 0 Å². The van der Waals surface area contributed by atoms with Crippen molar-refractivity contribution in [3.63, 3.8) is 0 Å². The number of hydrogen-bond donors (Lipinski definition) is 2. The first-order valence-electron chi connectivity index (χ1n) is 6.90. The van der Waals surface area contributed by atoms with Crippen LogP contribution in [-0.2, 0) is 11.3 Å². The second kappa shape index (κ2) is 6.58. The molecule has 1 aliphatic rings. The Hall–Kier alpha value is -1.08. The van der Waals surface area contributed by atoms with Crippen molar-refractivity contribution >= 4 is 12.6 Å². The highest BCUT2D eigenvalue weighted by molar-refractivity contribution is 6.59. The van der Waals surface area contributed by atoms with E-state index in [1.54, 1.807) is 19.2 Å². The largest absolute Gasteiger partial charge is 0.497 e. The minimum absolute atomic E-state index is 0.187. The molecular weight excluding hydrogens is 257 g/mol. The maximum absolute atomic E-state index is 9.47. The van der Waals surface area contributed by atoms with Crippen molar-refractivity contribution in [2.45, 2.75) is 32.6 Å². The van der Waals surface area contributed by atoms with Gasteiger partial charge in [-0.05, 0) is 37.0 Å². The molecule has 0 aromatic heterocycles. The fourth-order valence-electron chi connectivity index (χ4n) is 2.75. The van der Waals surface area contributed by atoms with E-state index in [2.05, 4.69) is 18.7 Å². The van der Waals surface area contributed by atoms with Gasteiger partial charge in [0.15, 0.2) is 0 Å². The predicted molar refractivity (Wildman–Crippen MR) is 78.1 cm³/mol. The van der Waals surface area contributed by atoms with Gasteiger partial charge in [-0.15, -0.1) is 0 Å². The van der Waals surface area contributed by atoms with Crippen molar-refractivity contribution < 1.29 is 19.5 Å². The van der Waals surface area contributed by atoms with Crippen LogP contribution >= 0.6 is 0 Å². The van der Waals surface area contributed by atoms with Crippen LogP contribution in [0.15, 0.2) is 18.2 Å². The molecule has 2 unspecified atom stereocenters. The van der Waals surface area contributed by atoms with Crippen LogP contribution in [0, 0.1) is 0 Å². The molecule has 1 aromatic carbocycles. The molecule has 1 aliphatic heterocycles. The highest BCUT2D eigenvalue weighted by Gasteiger charge is 2.24. The fraction of sp³-hybridized carbons (Fsp3) is 0.571. The molecule has 20 heavy (non-hydrogen) atoms. The molecular formula is C14H22BNO4. The lowest BCUT2D eigenvalue weighted by atomic mass is 9.76. The first kappa shape index (κ1) is 15.3. The van der Waals surface area contributed by atoms with Crippen LogP contribution in [0.2, 0.25) is 0 Å². The highest BCUT2D eigenvalue weighted by Crippen LogP contribution is 2.17. The van der Waals surface area contributed by atoms with E-state index in [1.165, 1.54) is 0 Å². The standard InChI is InChI=1S/C14H22BNO4/c1-10-7-16(8-11(2)20-10)9-12-6-13(19-3)4-5-14(12)15(17)18/h4-6,10-11,17-18H,7-9H2,1-3H3. The van der Waals surface area contributed by atoms with Crippen molar-refractivity contribution in [3.05, 3.63) is 23.8 Å². The molecule has 5 nitrogen and oxygen atoms in total. The van der Waals surface area contributed by atoms with Gasteiger partial charge in [0.2, 0.25) is 0 Å². The van der Waals surface area contributed by atoms with E-state index < -0.39 is 7.12 Å². The summed E-state index contributed by atoms with van der Waals surface area (Å²) in [6.45, 7) is 6.43. The molecule has 0 bridgehead atoms. The molecule has 2 rings (SSSR count). The summed E-state index contributed by atoms with van der Waals surface area (Å²) in [4.78, 5) is 2.26. The molecule has 2 atom stereocenters. The van der Waals surface area contributed by atoms with Crippen LogP contribution in [0.4, 0.5) is 0 Å². The molecule has 110 valence electrons. The average molecular weight is 279 g/mol. The lowest BCUT2D eigenvalue weighted by molar-refractivity contribution is -0.0704. The summed E-state index contributed by atoms with van der Waals surface area (Å²) in [5, 5.41) is 18.9. The molecule has 0 radical (unpaired) electrons. The van der Waals surface area contributed by atoms with Gasteiger partial charge in [-0.1, -0.05) is 6.07 Å². The van der Waals surface area contributed by atoms with Crippen molar-refractivity contribution in [3.8, 4) is 5.75 Å². The van der Waals surface area contributed by atoms with E-state index in [0.29, 0.717) is 12.0 Å². The summed E-state index contributed by atoms with van der Waals surface area (Å²) in [7, 11) is 0.138. The second-order valence-corrected chi connectivity index (χ2v) is 5.39. The third kappa shape index (κ3) is 3.73. The Morgan fingerprint density at radius 3 is 2.50 bits per heavy atom. The first-order valence-corrected chi connectivity index (χ1v) is 6.90. The van der Waals surface area contributed by atoms with E-state index in [-0.39, 0.29) is 12.2 Å². The second-order valence-electron chi connectivity index (χ2n) is 5.39. The van der Waals surface area contributed by atoms with Gasteiger partial charge in [0, 0.05) is 19.6 Å². The van der Waals surface area contributed by atoms with Crippen LogP contribution in [0.3, 0.4) is 0 Å². The molecule has 0 spiro atoms. The predicted octanol–water partition coefficient (Wildman–Crippen LogP) is -0.0158. The molecule has 1 aromatic rings. The number of benzene rings is 1. The van der Waals surface area contributed by atoms with Gasteiger partial charge >= 0.3 is 7.12 Å². The van der Waals surface area contributed by atoms with Gasteiger partial charge in [-0.3, -0.25) is 4.90 Å². The fourth-order valence-corrected chi connectivity index (χ4v) is 2.75. The average Bonchev–Trinajstić information content (AvgIpc) is 2.37. The van der Waals surface area contributed by atoms with E-state index in [1.807, 2.05) is 6.07 Å². The number of nitrogens with zero attached hydrogens (tertiary/aromatic N) is 1. The molecule has 0 aliphatic carbocycles. The van der Waals surface area contributed by atoms with Gasteiger partial charge in [0.05, 0.1) is 19.3 Å². The molecule has 0 amide bonds. The normalized spacial score (nSPS) is 23.6. The topological polar surface area (TPSA) is 62.2 Å². The zero-order valence-electron chi connectivity index (χ0n) is 12.2. The Labute approximate surface area is 120 Å². The van der Waals surface area contributed by atoms with Crippen molar-refractivity contribution in [2.24, 2.45) is 0 Å². The van der Waals surface area contributed by atoms with Crippen LogP contribution in [0.5, 0.6) is 5.75 Å². The number of morpholine rings is 1. The van der Waals surface area contributed by atoms with E-state index in [9.17, 15) is 10.0 Å². The smallest absolute Gasteiger partial charge is 0.488 e. The van der Waals surface area contributed by atoms with Gasteiger partial charge < -0.3 is 19.5 Å². The summed E-state index contributed by atoms with van der Waals surface area (Å²) in [6, 6.07) is 5.30. The first-order chi connectivity index (χ1) is 9.49. The lowest BCUT2D eigenvalue weighted by Gasteiger charge is -2.35. The minimum atomic E-state index is -1.47. The van der Waals surface area contributed by atoms with Gasteiger partial charge in [0.1, 0.15) is 5.75 Å². The lowest BCUT2D eigenvalue weighted by Crippen LogP contribution is -2.46. The third-order valence-electron chi connectivity index (χ3n) is 3.52. The molecule has 1 saturated heterocycles. The van der Waals surface area contributed by atoms with Crippen LogP contribution in [0.25, 0.3) is 0 Å². The van der Waals surface area contributed by atoms with E-state index >= 15 is 0 Å². The molecule has 1 fully saturated rings. The van der Waals surface area contributed by atoms with E-state index in [4.69, 9.17) is 9.47 Å². The Balaban J connectivity index is 2.18. The number of rotatable bonds is 4. The summed E-state index contributed by atoms with van der Waals surface area (Å²) >= 11 is 0. The van der Waals surface area contributed by atoms with Gasteiger partial charge in [0.25, 0.3) is 0 Å². The van der Waals surface area contributed by atoms with Crippen LogP contribution in [-0.4, -0.2) is 54.5 Å². The zero-order chi connectivity index (χ0) is 14.7. The summed E-state index contributed by atoms with van der Waals surface area (Å²) in [5.74, 6) is 0.721. The molecule has 1 heterocycles. The quantitative estimate of drug-likeness (QED) is 0.759. The third-order valence-corrected chi connectivity index (χ3v) is 3.52. The Bertz CT molecular complexity index is 445. The highest BCUT2D eigenvalue weighted by atomic mass is 16.5. The monoisotopic (exact) mass is 279 g/mol. The van der Waals surface area contributed by atoms with Crippen LogP contribution in [0.1, 0.15) is 19.4 Å². The maximum atomic E-state index is 9.47. The molecule has 6 heteroatoms. The summed E-state index contributed by atoms with van der Waals surface area (Å²) in [5.41, 5.74) is 1.40. The zero-order valence-corrected chi connectivity index (χ0v) is 12.2. The summed E-state index contributed by atoms with van der Waals surface area (Å²) in [6.07, 6.45) is 0.374. The Morgan fingerprint density at radius 1 is 1.30 bits per heavy atom. The van der Waals surface area contributed by atoms with Gasteiger partial charge in [-0.25, -0.2) is 0 Å². The van der Waals surface area contributed by atoms with Crippen molar-refractivity contribution in [2.75, 3.05) is 20.2 Å². The Morgan fingerprint density at radius 2 is 1.95 bits per heavy atom. The SMILES string of the molecule is COc1ccc(B(O)O)c(CN2CC(C)OC(C)C2)c1. The van der Waals surface area contributed by atoms with Crippen molar-refractivity contribution in [1.82, 2.24) is 4.90 Å². The number of methoxy groups -OCH3 is 1. The maximum Gasteiger partial charge on any atom is 0.488 e. The van der Waals surface area contributed by atoms with Crippen molar-refractivity contribution in [1.29, 1.82) is 0 Å². The van der Waals surface area contributed by atoms with Crippen LogP contribution < -0.4 is 10.2 Å². The summed E-state index contributed by atoms with van der Waals surface area (Å²) < 4.78 is 10.9. The molecule has 2 N–H and O–H groups in total.